The average Bonchev–Trinajstić information content (AvgIpc) is 2.52. The van der Waals surface area contributed by atoms with E-state index in [1.54, 1.807) is 11.6 Å². The minimum atomic E-state index is -0.227. The minimum absolute atomic E-state index is 0.227. The molecule has 2 aromatic rings. The van der Waals surface area contributed by atoms with Crippen LogP contribution >= 0.6 is 11.3 Å². The fraction of sp³-hybridized carbons (Fsp3) is 0.100. The highest BCUT2D eigenvalue weighted by atomic mass is 32.1. The van der Waals surface area contributed by atoms with Crippen molar-refractivity contribution in [3.8, 4) is 10.4 Å². The van der Waals surface area contributed by atoms with Gasteiger partial charge in [0.25, 0.3) is 0 Å². The number of thiazole rings is 1. The van der Waals surface area contributed by atoms with Gasteiger partial charge in [0.1, 0.15) is 11.6 Å². The molecule has 0 amide bonds. The highest BCUT2D eigenvalue weighted by Gasteiger charge is 2.08. The van der Waals surface area contributed by atoms with Crippen LogP contribution in [0.4, 0.5) is 10.2 Å². The summed E-state index contributed by atoms with van der Waals surface area (Å²) in [5, 5.41) is 0. The topological polar surface area (TPSA) is 38.9 Å². The Labute approximate surface area is 85.2 Å². The molecule has 0 spiro atoms. The molecule has 1 aromatic heterocycles. The van der Waals surface area contributed by atoms with Crippen LogP contribution in [0.15, 0.2) is 23.7 Å². The molecule has 14 heavy (non-hydrogen) atoms. The molecule has 0 atom stereocenters. The Kier molecular flexibility index (Phi) is 2.21. The molecule has 2 N–H and O–H groups in total. The van der Waals surface area contributed by atoms with E-state index >= 15 is 0 Å². The third-order valence-corrected chi connectivity index (χ3v) is 2.90. The Balaban J connectivity index is 2.58. The maximum Gasteiger partial charge on any atom is 0.142 e. The standard InChI is InChI=1S/C10H9FN2S/c1-6-4-7(11)2-3-8(6)9-10(12)13-5-14-9/h2-5H,12H2,1H3. The van der Waals surface area contributed by atoms with E-state index in [-0.39, 0.29) is 5.82 Å². The summed E-state index contributed by atoms with van der Waals surface area (Å²) in [5.41, 5.74) is 9.20. The number of aromatic nitrogens is 1. The number of hydrogen-bond acceptors (Lipinski definition) is 3. The lowest BCUT2D eigenvalue weighted by molar-refractivity contribution is 0.627. The molecular weight excluding hydrogens is 199 g/mol. The first-order valence-electron chi connectivity index (χ1n) is 4.14. The number of hydrogen-bond donors (Lipinski definition) is 1. The third kappa shape index (κ3) is 1.48. The second kappa shape index (κ2) is 3.38. The number of nitrogens with two attached hydrogens (primary N) is 1. The van der Waals surface area contributed by atoms with Gasteiger partial charge in [0, 0.05) is 0 Å². The fourth-order valence-corrected chi connectivity index (χ4v) is 2.14. The van der Waals surface area contributed by atoms with Gasteiger partial charge in [0.15, 0.2) is 0 Å². The third-order valence-electron chi connectivity index (χ3n) is 2.03. The Hall–Kier alpha value is -1.42. The van der Waals surface area contributed by atoms with Crippen molar-refractivity contribution in [1.82, 2.24) is 4.98 Å². The molecule has 0 aliphatic carbocycles. The second-order valence-electron chi connectivity index (χ2n) is 3.03. The molecule has 0 radical (unpaired) electrons. The van der Waals surface area contributed by atoms with E-state index in [0.717, 1.165) is 16.0 Å². The van der Waals surface area contributed by atoms with Gasteiger partial charge in [-0.3, -0.25) is 0 Å². The minimum Gasteiger partial charge on any atom is -0.382 e. The zero-order valence-corrected chi connectivity index (χ0v) is 8.44. The first-order chi connectivity index (χ1) is 6.68. The Morgan fingerprint density at radius 3 is 2.79 bits per heavy atom. The van der Waals surface area contributed by atoms with E-state index in [9.17, 15) is 4.39 Å². The monoisotopic (exact) mass is 208 g/mol. The van der Waals surface area contributed by atoms with Crippen molar-refractivity contribution in [2.24, 2.45) is 0 Å². The molecule has 1 heterocycles. The number of rotatable bonds is 1. The van der Waals surface area contributed by atoms with E-state index in [1.807, 2.05) is 6.92 Å². The van der Waals surface area contributed by atoms with Crippen LogP contribution in [0.1, 0.15) is 5.56 Å². The van der Waals surface area contributed by atoms with Gasteiger partial charge >= 0.3 is 0 Å². The van der Waals surface area contributed by atoms with Crippen LogP contribution < -0.4 is 5.73 Å². The van der Waals surface area contributed by atoms with Crippen LogP contribution in [0.25, 0.3) is 10.4 Å². The Morgan fingerprint density at radius 1 is 1.43 bits per heavy atom. The molecule has 0 aliphatic heterocycles. The quantitative estimate of drug-likeness (QED) is 0.782. The summed E-state index contributed by atoms with van der Waals surface area (Å²) in [6, 6.07) is 4.66. The molecule has 0 unspecified atom stereocenters. The molecule has 1 aromatic carbocycles. The molecule has 2 nitrogen and oxygen atoms in total. The van der Waals surface area contributed by atoms with Gasteiger partial charge < -0.3 is 5.73 Å². The zero-order chi connectivity index (χ0) is 10.1. The number of nitrogens with zero attached hydrogens (tertiary/aromatic N) is 1. The fourth-order valence-electron chi connectivity index (χ4n) is 1.34. The largest absolute Gasteiger partial charge is 0.382 e. The molecule has 2 rings (SSSR count). The van der Waals surface area contributed by atoms with Gasteiger partial charge in [-0.2, -0.15) is 0 Å². The SMILES string of the molecule is Cc1cc(F)ccc1-c1scnc1N. The van der Waals surface area contributed by atoms with Gasteiger partial charge in [-0.25, -0.2) is 9.37 Å². The van der Waals surface area contributed by atoms with Crippen LogP contribution in [-0.4, -0.2) is 4.98 Å². The van der Waals surface area contributed by atoms with Crippen molar-refractivity contribution in [2.75, 3.05) is 5.73 Å². The molecule has 0 fully saturated rings. The van der Waals surface area contributed by atoms with Gasteiger partial charge in [-0.15, -0.1) is 11.3 Å². The predicted octanol–water partition coefficient (Wildman–Crippen LogP) is 2.84. The maximum absolute atomic E-state index is 12.8. The summed E-state index contributed by atoms with van der Waals surface area (Å²) < 4.78 is 12.8. The van der Waals surface area contributed by atoms with Crippen LogP contribution in [-0.2, 0) is 0 Å². The summed E-state index contributed by atoms with van der Waals surface area (Å²) in [6.45, 7) is 1.86. The lowest BCUT2D eigenvalue weighted by Crippen LogP contribution is -1.89. The average molecular weight is 208 g/mol. The van der Waals surface area contributed by atoms with E-state index in [0.29, 0.717) is 5.82 Å². The second-order valence-corrected chi connectivity index (χ2v) is 3.88. The van der Waals surface area contributed by atoms with Crippen molar-refractivity contribution in [2.45, 2.75) is 6.92 Å². The zero-order valence-electron chi connectivity index (χ0n) is 7.62. The first kappa shape index (κ1) is 9.15. The summed E-state index contributed by atoms with van der Waals surface area (Å²) >= 11 is 1.46. The van der Waals surface area contributed by atoms with Crippen molar-refractivity contribution in [3.63, 3.8) is 0 Å². The van der Waals surface area contributed by atoms with Crippen molar-refractivity contribution < 1.29 is 4.39 Å². The van der Waals surface area contributed by atoms with Gasteiger partial charge in [-0.1, -0.05) is 6.07 Å². The van der Waals surface area contributed by atoms with Gasteiger partial charge in [0.2, 0.25) is 0 Å². The van der Waals surface area contributed by atoms with E-state index in [2.05, 4.69) is 4.98 Å². The molecule has 4 heteroatoms. The van der Waals surface area contributed by atoms with Crippen molar-refractivity contribution in [1.29, 1.82) is 0 Å². The number of aryl methyl sites for hydroxylation is 1. The van der Waals surface area contributed by atoms with Crippen molar-refractivity contribution in [3.05, 3.63) is 35.1 Å². The number of halogens is 1. The van der Waals surface area contributed by atoms with Crippen LogP contribution in [0.5, 0.6) is 0 Å². The molecule has 72 valence electrons. The summed E-state index contributed by atoms with van der Waals surface area (Å²) in [4.78, 5) is 4.86. The normalized spacial score (nSPS) is 10.4. The number of anilines is 1. The smallest absolute Gasteiger partial charge is 0.142 e. The summed E-state index contributed by atoms with van der Waals surface area (Å²) in [5.74, 6) is 0.277. The lowest BCUT2D eigenvalue weighted by atomic mass is 10.1. The van der Waals surface area contributed by atoms with Gasteiger partial charge in [-0.05, 0) is 30.2 Å². The maximum atomic E-state index is 12.8. The number of benzene rings is 1. The highest BCUT2D eigenvalue weighted by molar-refractivity contribution is 7.13. The van der Waals surface area contributed by atoms with E-state index in [4.69, 9.17) is 5.73 Å². The van der Waals surface area contributed by atoms with E-state index in [1.165, 1.54) is 23.5 Å². The van der Waals surface area contributed by atoms with Crippen molar-refractivity contribution >= 4 is 17.2 Å². The first-order valence-corrected chi connectivity index (χ1v) is 5.02. The molecule has 0 aliphatic rings. The molecule has 0 bridgehead atoms. The van der Waals surface area contributed by atoms with Gasteiger partial charge in [0.05, 0.1) is 10.4 Å². The summed E-state index contributed by atoms with van der Waals surface area (Å²) in [6.07, 6.45) is 0. The Morgan fingerprint density at radius 2 is 2.21 bits per heavy atom. The predicted molar refractivity (Wildman–Crippen MR) is 56.7 cm³/mol. The molecule has 0 saturated carbocycles. The number of nitrogen functional groups attached to an aromatic ring is 1. The molecular formula is C10H9FN2S. The lowest BCUT2D eigenvalue weighted by Gasteiger charge is -2.03. The Bertz CT molecular complexity index is 465. The van der Waals surface area contributed by atoms with Crippen LogP contribution in [0.2, 0.25) is 0 Å². The molecule has 0 saturated heterocycles. The van der Waals surface area contributed by atoms with Crippen LogP contribution in [0, 0.1) is 12.7 Å². The van der Waals surface area contributed by atoms with Crippen LogP contribution in [0.3, 0.4) is 0 Å². The highest BCUT2D eigenvalue weighted by Crippen LogP contribution is 2.31. The summed E-state index contributed by atoms with van der Waals surface area (Å²) in [7, 11) is 0. The van der Waals surface area contributed by atoms with E-state index < -0.39 is 0 Å².